The Morgan fingerprint density at radius 2 is 1.96 bits per heavy atom. The monoisotopic (exact) mass is 369 g/mol. The normalized spacial score (nSPS) is 13.0. The van der Waals surface area contributed by atoms with Crippen LogP contribution in [0, 0.1) is 6.92 Å². The van der Waals surface area contributed by atoms with Crippen molar-refractivity contribution >= 4 is 11.5 Å². The van der Waals surface area contributed by atoms with Crippen LogP contribution in [0.15, 0.2) is 54.7 Å². The van der Waals surface area contributed by atoms with Crippen LogP contribution in [-0.2, 0) is 19.3 Å². The van der Waals surface area contributed by atoms with Gasteiger partial charge < -0.3 is 5.32 Å². The summed E-state index contributed by atoms with van der Waals surface area (Å²) in [6.07, 6.45) is 6.00. The zero-order valence-electron chi connectivity index (χ0n) is 16.0. The summed E-state index contributed by atoms with van der Waals surface area (Å²) in [5, 5.41) is 8.52. The lowest BCUT2D eigenvalue weighted by molar-refractivity contribution is 0.884. The molecule has 0 bridgehead atoms. The van der Waals surface area contributed by atoms with Crippen molar-refractivity contribution in [2.75, 3.05) is 11.9 Å². The van der Waals surface area contributed by atoms with E-state index >= 15 is 0 Å². The number of aromatic nitrogens is 4. The lowest BCUT2D eigenvalue weighted by Crippen LogP contribution is -2.13. The average molecular weight is 369 g/mol. The molecule has 1 aliphatic carbocycles. The number of rotatable bonds is 5. The number of hydrogen-bond acceptors (Lipinski definition) is 4. The lowest BCUT2D eigenvalue weighted by atomic mass is 10.1. The summed E-state index contributed by atoms with van der Waals surface area (Å²) in [4.78, 5) is 9.32. The Balaban J connectivity index is 1.50. The zero-order valence-corrected chi connectivity index (χ0v) is 16.0. The highest BCUT2D eigenvalue weighted by atomic mass is 15.3. The molecule has 0 aliphatic heterocycles. The summed E-state index contributed by atoms with van der Waals surface area (Å²) in [6, 6.07) is 16.6. The Morgan fingerprint density at radius 1 is 1.07 bits per heavy atom. The Labute approximate surface area is 164 Å². The van der Waals surface area contributed by atoms with Gasteiger partial charge in [-0.25, -0.2) is 4.98 Å². The van der Waals surface area contributed by atoms with E-state index in [2.05, 4.69) is 53.6 Å². The molecule has 0 saturated carbocycles. The number of nitrogens with zero attached hydrogens (tertiary/aromatic N) is 4. The topological polar surface area (TPSA) is 55.1 Å². The summed E-state index contributed by atoms with van der Waals surface area (Å²) in [7, 11) is 0. The summed E-state index contributed by atoms with van der Waals surface area (Å²) >= 11 is 0. The molecule has 0 atom stereocenters. The maximum Gasteiger partial charge on any atom is 0.158 e. The van der Waals surface area contributed by atoms with Crippen LogP contribution in [0.5, 0.6) is 0 Å². The molecule has 0 amide bonds. The predicted molar refractivity (Wildman–Crippen MR) is 112 cm³/mol. The van der Waals surface area contributed by atoms with Crippen LogP contribution in [0.3, 0.4) is 0 Å². The highest BCUT2D eigenvalue weighted by molar-refractivity contribution is 5.67. The summed E-state index contributed by atoms with van der Waals surface area (Å²) in [5.41, 5.74) is 7.87. The van der Waals surface area contributed by atoms with E-state index in [1.54, 1.807) is 0 Å². The van der Waals surface area contributed by atoms with Gasteiger partial charge in [-0.2, -0.15) is 9.61 Å². The van der Waals surface area contributed by atoms with Gasteiger partial charge in [-0.15, -0.1) is 0 Å². The summed E-state index contributed by atoms with van der Waals surface area (Å²) < 4.78 is 1.98. The summed E-state index contributed by atoms with van der Waals surface area (Å²) in [5.74, 6) is 1.09. The Bertz CT molecular complexity index is 1110. The van der Waals surface area contributed by atoms with E-state index in [0.717, 1.165) is 60.6 Å². The van der Waals surface area contributed by atoms with E-state index in [9.17, 15) is 0 Å². The summed E-state index contributed by atoms with van der Waals surface area (Å²) in [6.45, 7) is 2.92. The van der Waals surface area contributed by atoms with Gasteiger partial charge in [0.2, 0.25) is 0 Å². The molecular formula is C23H23N5. The van der Waals surface area contributed by atoms with E-state index in [1.165, 1.54) is 16.8 Å². The Hall–Kier alpha value is -3.21. The second-order valence-electron chi connectivity index (χ2n) is 7.40. The molecule has 5 nitrogen and oxygen atoms in total. The molecule has 1 aliphatic rings. The van der Waals surface area contributed by atoms with Crippen molar-refractivity contribution < 1.29 is 0 Å². The van der Waals surface area contributed by atoms with E-state index in [1.807, 2.05) is 22.8 Å². The van der Waals surface area contributed by atoms with E-state index in [-0.39, 0.29) is 0 Å². The molecule has 0 saturated heterocycles. The van der Waals surface area contributed by atoms with Crippen LogP contribution in [0.2, 0.25) is 0 Å². The molecule has 0 fully saturated rings. The maximum atomic E-state index is 4.89. The molecular weight excluding hydrogens is 346 g/mol. The predicted octanol–water partition coefficient (Wildman–Crippen LogP) is 4.24. The van der Waals surface area contributed by atoms with Crippen molar-refractivity contribution in [1.82, 2.24) is 19.6 Å². The van der Waals surface area contributed by atoms with Crippen LogP contribution < -0.4 is 5.32 Å². The SMILES string of the molecule is Cc1ccc(-c2cc3nc4c(c(NCCc5ccccn5)n3n2)CCC4)cc1. The van der Waals surface area contributed by atoms with Crippen molar-refractivity contribution in [3.8, 4) is 11.3 Å². The highest BCUT2D eigenvalue weighted by Gasteiger charge is 2.21. The first-order valence-electron chi connectivity index (χ1n) is 9.90. The first kappa shape index (κ1) is 16.9. The average Bonchev–Trinajstić information content (AvgIpc) is 3.35. The molecule has 5 rings (SSSR count). The minimum atomic E-state index is 0.822. The number of pyridine rings is 1. The van der Waals surface area contributed by atoms with Crippen molar-refractivity contribution in [2.45, 2.75) is 32.6 Å². The molecule has 5 heteroatoms. The second-order valence-corrected chi connectivity index (χ2v) is 7.40. The van der Waals surface area contributed by atoms with Crippen molar-refractivity contribution in [3.05, 3.63) is 77.2 Å². The molecule has 1 N–H and O–H groups in total. The van der Waals surface area contributed by atoms with Gasteiger partial charge in [-0.1, -0.05) is 35.9 Å². The van der Waals surface area contributed by atoms with Crippen molar-refractivity contribution in [2.24, 2.45) is 0 Å². The fourth-order valence-electron chi connectivity index (χ4n) is 3.89. The molecule has 28 heavy (non-hydrogen) atoms. The standard InChI is InChI=1S/C23H23N5/c1-16-8-10-17(11-9-16)21-15-22-26-20-7-4-6-19(20)23(28(22)27-21)25-14-12-18-5-2-3-13-24-18/h2-3,5,8-11,13,15,25H,4,6-7,12,14H2,1H3. The maximum absolute atomic E-state index is 4.89. The molecule has 140 valence electrons. The van der Waals surface area contributed by atoms with Gasteiger partial charge >= 0.3 is 0 Å². The fourth-order valence-corrected chi connectivity index (χ4v) is 3.89. The van der Waals surface area contributed by atoms with E-state index in [0.29, 0.717) is 0 Å². The van der Waals surface area contributed by atoms with Crippen molar-refractivity contribution in [3.63, 3.8) is 0 Å². The van der Waals surface area contributed by atoms with E-state index in [4.69, 9.17) is 10.1 Å². The molecule has 3 heterocycles. The van der Waals surface area contributed by atoms with Gasteiger partial charge in [0.25, 0.3) is 0 Å². The first-order chi connectivity index (χ1) is 13.8. The van der Waals surface area contributed by atoms with Gasteiger partial charge in [0, 0.05) is 47.7 Å². The molecule has 0 spiro atoms. The number of nitrogens with one attached hydrogen (secondary N) is 1. The second kappa shape index (κ2) is 7.08. The number of hydrogen-bond donors (Lipinski definition) is 1. The van der Waals surface area contributed by atoms with Gasteiger partial charge in [0.15, 0.2) is 5.65 Å². The molecule has 4 aromatic rings. The molecule has 0 radical (unpaired) electrons. The van der Waals surface area contributed by atoms with Gasteiger partial charge in [0.1, 0.15) is 5.82 Å². The fraction of sp³-hybridized carbons (Fsp3) is 0.261. The van der Waals surface area contributed by atoms with E-state index < -0.39 is 0 Å². The van der Waals surface area contributed by atoms with Gasteiger partial charge in [-0.3, -0.25) is 4.98 Å². The van der Waals surface area contributed by atoms with Crippen LogP contribution >= 0.6 is 0 Å². The zero-order chi connectivity index (χ0) is 18.9. The molecule has 1 aromatic carbocycles. The number of benzene rings is 1. The van der Waals surface area contributed by atoms with Crippen LogP contribution in [0.1, 0.15) is 28.9 Å². The van der Waals surface area contributed by atoms with Gasteiger partial charge in [0.05, 0.1) is 5.69 Å². The highest BCUT2D eigenvalue weighted by Crippen LogP contribution is 2.30. The minimum absolute atomic E-state index is 0.822. The molecule has 3 aromatic heterocycles. The Morgan fingerprint density at radius 3 is 2.79 bits per heavy atom. The lowest BCUT2D eigenvalue weighted by Gasteiger charge is -2.13. The number of aryl methyl sites for hydroxylation is 2. The van der Waals surface area contributed by atoms with Crippen LogP contribution in [-0.4, -0.2) is 26.1 Å². The number of fused-ring (bicyclic) bond motifs is 2. The van der Waals surface area contributed by atoms with Crippen molar-refractivity contribution in [1.29, 1.82) is 0 Å². The third-order valence-electron chi connectivity index (χ3n) is 5.37. The smallest absolute Gasteiger partial charge is 0.158 e. The first-order valence-corrected chi connectivity index (χ1v) is 9.90. The minimum Gasteiger partial charge on any atom is -0.369 e. The number of anilines is 1. The third kappa shape index (κ3) is 3.13. The Kier molecular flexibility index (Phi) is 4.28. The van der Waals surface area contributed by atoms with Gasteiger partial charge in [-0.05, 0) is 38.3 Å². The largest absolute Gasteiger partial charge is 0.369 e. The third-order valence-corrected chi connectivity index (χ3v) is 5.37. The van der Waals surface area contributed by atoms with Crippen LogP contribution in [0.25, 0.3) is 16.9 Å². The van der Waals surface area contributed by atoms with Crippen LogP contribution in [0.4, 0.5) is 5.82 Å². The quantitative estimate of drug-likeness (QED) is 0.572. The molecule has 0 unspecified atom stereocenters.